The van der Waals surface area contributed by atoms with E-state index in [0.717, 1.165) is 6.07 Å². The summed E-state index contributed by atoms with van der Waals surface area (Å²) in [5.41, 5.74) is 3.65. The minimum absolute atomic E-state index is 0.125. The van der Waals surface area contributed by atoms with Crippen LogP contribution < -0.4 is 5.32 Å². The summed E-state index contributed by atoms with van der Waals surface area (Å²) in [4.78, 5) is 0.474. The van der Waals surface area contributed by atoms with Crippen LogP contribution in [0.4, 0.5) is 8.78 Å². The SMILES string of the molecule is CNC(CSc1ccc(F)cc1F)c1ccc(C)cc1C. The lowest BCUT2D eigenvalue weighted by Gasteiger charge is -2.19. The van der Waals surface area contributed by atoms with Gasteiger partial charge in [-0.05, 0) is 44.2 Å². The van der Waals surface area contributed by atoms with E-state index in [1.54, 1.807) is 0 Å². The number of rotatable bonds is 5. The van der Waals surface area contributed by atoms with Crippen LogP contribution in [0.2, 0.25) is 0 Å². The average molecular weight is 307 g/mol. The third-order valence-electron chi connectivity index (χ3n) is 3.45. The second-order valence-electron chi connectivity index (χ2n) is 5.09. The highest BCUT2D eigenvalue weighted by molar-refractivity contribution is 7.99. The molecule has 0 saturated heterocycles. The van der Waals surface area contributed by atoms with Crippen LogP contribution >= 0.6 is 11.8 Å². The van der Waals surface area contributed by atoms with Crippen LogP contribution in [0, 0.1) is 25.5 Å². The van der Waals surface area contributed by atoms with Gasteiger partial charge in [0.1, 0.15) is 11.6 Å². The normalized spacial score (nSPS) is 12.4. The quantitative estimate of drug-likeness (QED) is 0.808. The van der Waals surface area contributed by atoms with Crippen LogP contribution in [0.3, 0.4) is 0 Å². The van der Waals surface area contributed by atoms with Crippen LogP contribution in [0.25, 0.3) is 0 Å². The van der Waals surface area contributed by atoms with E-state index in [4.69, 9.17) is 0 Å². The zero-order valence-corrected chi connectivity index (χ0v) is 13.2. The van der Waals surface area contributed by atoms with E-state index >= 15 is 0 Å². The van der Waals surface area contributed by atoms with Crippen LogP contribution in [0.15, 0.2) is 41.3 Å². The summed E-state index contributed by atoms with van der Waals surface area (Å²) < 4.78 is 26.6. The van der Waals surface area contributed by atoms with Crippen molar-refractivity contribution in [3.05, 3.63) is 64.7 Å². The molecule has 0 aliphatic heterocycles. The van der Waals surface area contributed by atoms with E-state index in [2.05, 4.69) is 37.4 Å². The smallest absolute Gasteiger partial charge is 0.139 e. The fourth-order valence-electron chi connectivity index (χ4n) is 2.31. The maximum absolute atomic E-state index is 13.7. The number of thioether (sulfide) groups is 1. The number of hydrogen-bond donors (Lipinski definition) is 1. The molecule has 0 heterocycles. The summed E-state index contributed by atoms with van der Waals surface area (Å²) in [6, 6.07) is 10.2. The van der Waals surface area contributed by atoms with Crippen molar-refractivity contribution in [2.24, 2.45) is 0 Å². The highest BCUT2D eigenvalue weighted by Crippen LogP contribution is 2.28. The van der Waals surface area contributed by atoms with Gasteiger partial charge in [0.15, 0.2) is 0 Å². The molecule has 0 aliphatic carbocycles. The highest BCUT2D eigenvalue weighted by Gasteiger charge is 2.14. The Kier molecular flexibility index (Phi) is 5.37. The molecule has 2 rings (SSSR count). The predicted molar refractivity (Wildman–Crippen MR) is 84.8 cm³/mol. The first-order chi connectivity index (χ1) is 10.0. The van der Waals surface area contributed by atoms with Gasteiger partial charge in [-0.3, -0.25) is 0 Å². The van der Waals surface area contributed by atoms with Crippen LogP contribution in [0.1, 0.15) is 22.7 Å². The lowest BCUT2D eigenvalue weighted by atomic mass is 10.0. The van der Waals surface area contributed by atoms with Gasteiger partial charge in [0.25, 0.3) is 0 Å². The van der Waals surface area contributed by atoms with Gasteiger partial charge in [-0.25, -0.2) is 8.78 Å². The van der Waals surface area contributed by atoms with Crippen molar-refractivity contribution in [2.45, 2.75) is 24.8 Å². The minimum atomic E-state index is -0.545. The fourth-order valence-corrected chi connectivity index (χ4v) is 3.36. The van der Waals surface area contributed by atoms with Crippen molar-refractivity contribution < 1.29 is 8.78 Å². The van der Waals surface area contributed by atoms with Gasteiger partial charge in [0.05, 0.1) is 0 Å². The molecule has 0 radical (unpaired) electrons. The number of nitrogens with one attached hydrogen (secondary N) is 1. The van der Waals surface area contributed by atoms with E-state index in [1.165, 1.54) is 40.6 Å². The first-order valence-corrected chi connectivity index (χ1v) is 7.82. The molecule has 112 valence electrons. The summed E-state index contributed by atoms with van der Waals surface area (Å²) in [6.07, 6.45) is 0. The second kappa shape index (κ2) is 7.05. The van der Waals surface area contributed by atoms with Gasteiger partial charge in [-0.1, -0.05) is 23.8 Å². The van der Waals surface area contributed by atoms with Crippen molar-refractivity contribution in [1.82, 2.24) is 5.32 Å². The summed E-state index contributed by atoms with van der Waals surface area (Å²) in [5, 5.41) is 3.26. The van der Waals surface area contributed by atoms with E-state index < -0.39 is 11.6 Å². The molecule has 21 heavy (non-hydrogen) atoms. The van der Waals surface area contributed by atoms with Gasteiger partial charge in [-0.15, -0.1) is 11.8 Å². The Balaban J connectivity index is 2.12. The first kappa shape index (κ1) is 16.0. The van der Waals surface area contributed by atoms with Crippen LogP contribution in [0.5, 0.6) is 0 Å². The van der Waals surface area contributed by atoms with Gasteiger partial charge < -0.3 is 5.32 Å². The first-order valence-electron chi connectivity index (χ1n) is 6.83. The van der Waals surface area contributed by atoms with E-state index in [-0.39, 0.29) is 6.04 Å². The summed E-state index contributed by atoms with van der Waals surface area (Å²) >= 11 is 1.39. The Morgan fingerprint density at radius 1 is 1.10 bits per heavy atom. The topological polar surface area (TPSA) is 12.0 Å². The van der Waals surface area contributed by atoms with E-state index in [1.807, 2.05) is 7.05 Å². The van der Waals surface area contributed by atoms with Crippen molar-refractivity contribution in [3.8, 4) is 0 Å². The Labute approximate surface area is 128 Å². The molecule has 0 aromatic heterocycles. The van der Waals surface area contributed by atoms with Crippen LogP contribution in [-0.4, -0.2) is 12.8 Å². The second-order valence-corrected chi connectivity index (χ2v) is 6.15. The molecule has 1 nitrogen and oxygen atoms in total. The van der Waals surface area contributed by atoms with Gasteiger partial charge in [0.2, 0.25) is 0 Å². The molecule has 0 aliphatic rings. The lowest BCUT2D eigenvalue weighted by Crippen LogP contribution is -2.19. The molecule has 1 unspecified atom stereocenters. The van der Waals surface area contributed by atoms with Gasteiger partial charge in [-0.2, -0.15) is 0 Å². The monoisotopic (exact) mass is 307 g/mol. The lowest BCUT2D eigenvalue weighted by molar-refractivity contribution is 0.565. The Morgan fingerprint density at radius 2 is 1.86 bits per heavy atom. The zero-order valence-electron chi connectivity index (χ0n) is 12.4. The minimum Gasteiger partial charge on any atom is -0.312 e. The molecule has 1 atom stereocenters. The van der Waals surface area contributed by atoms with E-state index in [0.29, 0.717) is 10.6 Å². The molecular formula is C17H19F2NS. The third-order valence-corrected chi connectivity index (χ3v) is 4.59. The van der Waals surface area contributed by atoms with E-state index in [9.17, 15) is 8.78 Å². The molecule has 0 fully saturated rings. The van der Waals surface area contributed by atoms with Gasteiger partial charge >= 0.3 is 0 Å². The van der Waals surface area contributed by atoms with Crippen molar-refractivity contribution in [3.63, 3.8) is 0 Å². The average Bonchev–Trinajstić information content (AvgIpc) is 2.43. The molecule has 2 aromatic rings. The summed E-state index contributed by atoms with van der Waals surface area (Å²) in [5.74, 6) is -0.366. The van der Waals surface area contributed by atoms with Gasteiger partial charge in [0, 0.05) is 22.8 Å². The number of halogens is 2. The maximum atomic E-state index is 13.7. The molecule has 4 heteroatoms. The van der Waals surface area contributed by atoms with Crippen molar-refractivity contribution in [2.75, 3.05) is 12.8 Å². The fraction of sp³-hybridized carbons (Fsp3) is 0.294. The van der Waals surface area contributed by atoms with Crippen LogP contribution in [-0.2, 0) is 0 Å². The Hall–Kier alpha value is -1.39. The molecular weight excluding hydrogens is 288 g/mol. The highest BCUT2D eigenvalue weighted by atomic mass is 32.2. The summed E-state index contributed by atoms with van der Waals surface area (Å²) in [7, 11) is 1.89. The largest absolute Gasteiger partial charge is 0.312 e. The molecule has 0 saturated carbocycles. The molecule has 0 spiro atoms. The number of benzene rings is 2. The standard InChI is InChI=1S/C17H19F2NS/c1-11-4-6-14(12(2)8-11)16(20-3)10-21-17-7-5-13(18)9-15(17)19/h4-9,16,20H,10H2,1-3H3. The maximum Gasteiger partial charge on any atom is 0.139 e. The Morgan fingerprint density at radius 3 is 2.48 bits per heavy atom. The number of hydrogen-bond acceptors (Lipinski definition) is 2. The molecule has 1 N–H and O–H groups in total. The number of aryl methyl sites for hydroxylation is 2. The third kappa shape index (κ3) is 4.05. The molecule has 0 bridgehead atoms. The van der Waals surface area contributed by atoms with Crippen molar-refractivity contribution >= 4 is 11.8 Å². The Bertz CT molecular complexity index is 628. The predicted octanol–water partition coefficient (Wildman–Crippen LogP) is 4.63. The molecule has 0 amide bonds. The zero-order chi connectivity index (χ0) is 15.4. The summed E-state index contributed by atoms with van der Waals surface area (Å²) in [6.45, 7) is 4.14. The van der Waals surface area contributed by atoms with Crippen molar-refractivity contribution in [1.29, 1.82) is 0 Å². The molecule has 2 aromatic carbocycles.